The molecule has 0 bridgehead atoms. The highest BCUT2D eigenvalue weighted by atomic mass is 16.5. The summed E-state index contributed by atoms with van der Waals surface area (Å²) in [5.74, 6) is 1.79. The highest BCUT2D eigenvalue weighted by molar-refractivity contribution is 5.63. The Bertz CT molecular complexity index is 612. The second kappa shape index (κ2) is 5.48. The van der Waals surface area contributed by atoms with E-state index in [1.54, 1.807) is 0 Å². The van der Waals surface area contributed by atoms with Gasteiger partial charge < -0.3 is 15.0 Å². The molecular formula is C16H23N3O2. The van der Waals surface area contributed by atoms with Gasteiger partial charge in [0.1, 0.15) is 5.75 Å². The Morgan fingerprint density at radius 3 is 2.48 bits per heavy atom. The van der Waals surface area contributed by atoms with Crippen LogP contribution in [0.5, 0.6) is 5.75 Å². The SMILES string of the molecule is CCOc1ccccc1-c1noc(C(C)(C)C(C)(C)N)n1. The minimum Gasteiger partial charge on any atom is -0.493 e. The zero-order valence-corrected chi connectivity index (χ0v) is 13.3. The maximum Gasteiger partial charge on any atom is 0.234 e. The van der Waals surface area contributed by atoms with Crippen molar-refractivity contribution in [2.24, 2.45) is 5.73 Å². The molecule has 0 unspecified atom stereocenters. The van der Waals surface area contributed by atoms with E-state index >= 15 is 0 Å². The number of hydrogen-bond donors (Lipinski definition) is 1. The first-order chi connectivity index (χ1) is 9.77. The lowest BCUT2D eigenvalue weighted by atomic mass is 9.75. The van der Waals surface area contributed by atoms with Crippen molar-refractivity contribution < 1.29 is 9.26 Å². The minimum atomic E-state index is -0.476. The van der Waals surface area contributed by atoms with Crippen LogP contribution in [0.2, 0.25) is 0 Å². The van der Waals surface area contributed by atoms with Crippen LogP contribution in [0.3, 0.4) is 0 Å². The molecule has 0 amide bonds. The van der Waals surface area contributed by atoms with Crippen LogP contribution in [-0.2, 0) is 5.41 Å². The van der Waals surface area contributed by atoms with E-state index in [9.17, 15) is 0 Å². The Balaban J connectivity index is 2.42. The number of nitrogens with zero attached hydrogens (tertiary/aromatic N) is 2. The monoisotopic (exact) mass is 289 g/mol. The number of benzene rings is 1. The van der Waals surface area contributed by atoms with Gasteiger partial charge in [-0.3, -0.25) is 0 Å². The van der Waals surface area contributed by atoms with Crippen LogP contribution in [0.25, 0.3) is 11.4 Å². The summed E-state index contributed by atoms with van der Waals surface area (Å²) in [5, 5.41) is 4.09. The number of aromatic nitrogens is 2. The highest BCUT2D eigenvalue weighted by Crippen LogP contribution is 2.34. The maximum absolute atomic E-state index is 6.22. The van der Waals surface area contributed by atoms with E-state index in [0.717, 1.165) is 11.3 Å². The largest absolute Gasteiger partial charge is 0.493 e. The molecule has 2 N–H and O–H groups in total. The van der Waals surface area contributed by atoms with Crippen LogP contribution in [0.15, 0.2) is 28.8 Å². The smallest absolute Gasteiger partial charge is 0.234 e. The van der Waals surface area contributed by atoms with Crippen LogP contribution in [-0.4, -0.2) is 22.3 Å². The van der Waals surface area contributed by atoms with Crippen molar-refractivity contribution in [3.05, 3.63) is 30.2 Å². The van der Waals surface area contributed by atoms with E-state index in [2.05, 4.69) is 10.1 Å². The number of hydrogen-bond acceptors (Lipinski definition) is 5. The van der Waals surface area contributed by atoms with Gasteiger partial charge in [-0.1, -0.05) is 17.3 Å². The predicted molar refractivity (Wildman–Crippen MR) is 82.2 cm³/mol. The zero-order valence-electron chi connectivity index (χ0n) is 13.3. The van der Waals surface area contributed by atoms with E-state index in [1.165, 1.54) is 0 Å². The third-order valence-electron chi connectivity index (χ3n) is 4.00. The molecular weight excluding hydrogens is 266 g/mol. The fourth-order valence-electron chi connectivity index (χ4n) is 1.80. The van der Waals surface area contributed by atoms with Crippen LogP contribution in [0.4, 0.5) is 0 Å². The Morgan fingerprint density at radius 2 is 1.86 bits per heavy atom. The Morgan fingerprint density at radius 1 is 1.19 bits per heavy atom. The zero-order chi connectivity index (χ0) is 15.7. The summed E-state index contributed by atoms with van der Waals surface area (Å²) in [6.45, 7) is 10.4. The molecule has 5 heteroatoms. The Hall–Kier alpha value is -1.88. The molecule has 2 aromatic rings. The van der Waals surface area contributed by atoms with Crippen molar-refractivity contribution in [1.29, 1.82) is 0 Å². The van der Waals surface area contributed by atoms with Gasteiger partial charge in [0.25, 0.3) is 0 Å². The van der Waals surface area contributed by atoms with Crippen LogP contribution >= 0.6 is 0 Å². The van der Waals surface area contributed by atoms with Crippen LogP contribution < -0.4 is 10.5 Å². The van der Waals surface area contributed by atoms with E-state index in [0.29, 0.717) is 18.3 Å². The fraction of sp³-hybridized carbons (Fsp3) is 0.500. The number of nitrogens with two attached hydrogens (primary N) is 1. The van der Waals surface area contributed by atoms with Gasteiger partial charge in [-0.25, -0.2) is 0 Å². The molecule has 21 heavy (non-hydrogen) atoms. The topological polar surface area (TPSA) is 74.2 Å². The van der Waals surface area contributed by atoms with Crippen molar-refractivity contribution in [2.75, 3.05) is 6.61 Å². The molecule has 0 fully saturated rings. The molecule has 0 spiro atoms. The number of ether oxygens (including phenoxy) is 1. The summed E-state index contributed by atoms with van der Waals surface area (Å²) < 4.78 is 11.1. The molecule has 0 saturated heterocycles. The average molecular weight is 289 g/mol. The minimum absolute atomic E-state index is 0.432. The molecule has 2 rings (SSSR count). The van der Waals surface area contributed by atoms with Crippen LogP contribution in [0, 0.1) is 0 Å². The molecule has 0 radical (unpaired) electrons. The van der Waals surface area contributed by atoms with Gasteiger partial charge in [0.05, 0.1) is 17.6 Å². The van der Waals surface area contributed by atoms with Gasteiger partial charge in [-0.2, -0.15) is 4.98 Å². The molecule has 0 aliphatic rings. The summed E-state index contributed by atoms with van der Waals surface area (Å²) in [7, 11) is 0. The number of para-hydroxylation sites is 1. The lowest BCUT2D eigenvalue weighted by Gasteiger charge is -2.34. The molecule has 0 saturated carbocycles. The first-order valence-corrected chi connectivity index (χ1v) is 7.12. The third-order valence-corrected chi connectivity index (χ3v) is 4.00. The van der Waals surface area contributed by atoms with Gasteiger partial charge in [0, 0.05) is 5.54 Å². The molecule has 0 aliphatic carbocycles. The average Bonchev–Trinajstić information content (AvgIpc) is 2.88. The van der Waals surface area contributed by atoms with E-state index < -0.39 is 11.0 Å². The third kappa shape index (κ3) is 2.93. The summed E-state index contributed by atoms with van der Waals surface area (Å²) in [4.78, 5) is 4.52. The van der Waals surface area contributed by atoms with E-state index in [1.807, 2.05) is 58.9 Å². The molecule has 5 nitrogen and oxygen atoms in total. The van der Waals surface area contributed by atoms with Gasteiger partial charge in [-0.15, -0.1) is 0 Å². The second-order valence-corrected chi connectivity index (χ2v) is 6.20. The van der Waals surface area contributed by atoms with Gasteiger partial charge in [-0.05, 0) is 46.8 Å². The molecule has 1 heterocycles. The second-order valence-electron chi connectivity index (χ2n) is 6.20. The molecule has 1 aromatic carbocycles. The standard InChI is InChI=1S/C16H23N3O2/c1-6-20-12-10-8-7-9-11(12)13-18-14(21-19-13)15(2,3)16(4,5)17/h7-10H,6,17H2,1-5H3. The number of rotatable bonds is 5. The summed E-state index contributed by atoms with van der Waals surface area (Å²) in [6.07, 6.45) is 0. The van der Waals surface area contributed by atoms with Crippen molar-refractivity contribution >= 4 is 0 Å². The van der Waals surface area contributed by atoms with Crippen LogP contribution in [0.1, 0.15) is 40.5 Å². The summed E-state index contributed by atoms with van der Waals surface area (Å²) in [6, 6.07) is 7.65. The summed E-state index contributed by atoms with van der Waals surface area (Å²) in [5.41, 5.74) is 6.13. The van der Waals surface area contributed by atoms with Crippen molar-refractivity contribution in [2.45, 2.75) is 45.6 Å². The van der Waals surface area contributed by atoms with Crippen molar-refractivity contribution in [1.82, 2.24) is 10.1 Å². The molecule has 0 atom stereocenters. The highest BCUT2D eigenvalue weighted by Gasteiger charge is 2.40. The predicted octanol–water partition coefficient (Wildman–Crippen LogP) is 3.15. The quantitative estimate of drug-likeness (QED) is 0.915. The maximum atomic E-state index is 6.22. The molecule has 0 aliphatic heterocycles. The molecule has 1 aromatic heterocycles. The Kier molecular flexibility index (Phi) is 4.05. The normalized spacial score (nSPS) is 12.5. The fourth-order valence-corrected chi connectivity index (χ4v) is 1.80. The van der Waals surface area contributed by atoms with E-state index in [4.69, 9.17) is 15.0 Å². The lowest BCUT2D eigenvalue weighted by Crippen LogP contribution is -2.50. The van der Waals surface area contributed by atoms with Gasteiger partial charge in [0.2, 0.25) is 11.7 Å². The lowest BCUT2D eigenvalue weighted by molar-refractivity contribution is 0.223. The summed E-state index contributed by atoms with van der Waals surface area (Å²) >= 11 is 0. The first-order valence-electron chi connectivity index (χ1n) is 7.12. The Labute approximate surface area is 125 Å². The molecule has 114 valence electrons. The van der Waals surface area contributed by atoms with Crippen molar-refractivity contribution in [3.63, 3.8) is 0 Å². The van der Waals surface area contributed by atoms with E-state index in [-0.39, 0.29) is 0 Å². The van der Waals surface area contributed by atoms with Gasteiger partial charge in [0.15, 0.2) is 0 Å². The first kappa shape index (κ1) is 15.5. The van der Waals surface area contributed by atoms with Gasteiger partial charge >= 0.3 is 0 Å². The van der Waals surface area contributed by atoms with Crippen molar-refractivity contribution in [3.8, 4) is 17.1 Å².